The monoisotopic (exact) mass is 544 g/mol. The van der Waals surface area contributed by atoms with Gasteiger partial charge in [-0.2, -0.15) is 0 Å². The minimum absolute atomic E-state index is 0.109. The summed E-state index contributed by atoms with van der Waals surface area (Å²) in [5, 5.41) is 24.7. The van der Waals surface area contributed by atoms with Gasteiger partial charge < -0.3 is 14.8 Å². The van der Waals surface area contributed by atoms with Gasteiger partial charge in [-0.1, -0.05) is 47.5 Å². The van der Waals surface area contributed by atoms with Crippen molar-refractivity contribution in [2.45, 2.75) is 37.0 Å². The first kappa shape index (κ1) is 21.5. The van der Waals surface area contributed by atoms with Crippen molar-refractivity contribution in [3.05, 3.63) is 75.4 Å². The first-order valence-electron chi connectivity index (χ1n) is 10.6. The number of hydrogen-bond acceptors (Lipinski definition) is 5. The number of aromatic nitrogens is 4. The Bertz CT molecular complexity index is 1440. The molecule has 1 saturated carbocycles. The summed E-state index contributed by atoms with van der Waals surface area (Å²) in [5.41, 5.74) is 2.07. The maximum absolute atomic E-state index is 11.1. The number of fused-ring (bicyclic) bond motifs is 2. The number of aliphatic hydroxyl groups excluding tert-OH is 2. The highest BCUT2D eigenvalue weighted by Gasteiger charge is 2.54. The van der Waals surface area contributed by atoms with Crippen LogP contribution >= 0.6 is 39.1 Å². The van der Waals surface area contributed by atoms with Crippen LogP contribution in [0.1, 0.15) is 30.4 Å². The molecule has 0 saturated heterocycles. The molecule has 33 heavy (non-hydrogen) atoms. The van der Waals surface area contributed by atoms with E-state index in [4.69, 9.17) is 23.2 Å². The summed E-state index contributed by atoms with van der Waals surface area (Å²) in [7, 11) is 0. The van der Waals surface area contributed by atoms with Crippen LogP contribution in [0.25, 0.3) is 21.9 Å². The molecule has 0 bridgehead atoms. The molecular weight excluding hydrogens is 527 g/mol. The highest BCUT2D eigenvalue weighted by molar-refractivity contribution is 9.10. The molecule has 0 unspecified atom stereocenters. The molecule has 2 aliphatic rings. The van der Waals surface area contributed by atoms with Gasteiger partial charge in [0.25, 0.3) is 0 Å². The zero-order valence-electron chi connectivity index (χ0n) is 17.2. The second-order valence-corrected chi connectivity index (χ2v) is 10.5. The second kappa shape index (κ2) is 7.75. The van der Waals surface area contributed by atoms with Crippen molar-refractivity contribution in [2.75, 3.05) is 0 Å². The van der Waals surface area contributed by atoms with Crippen LogP contribution < -0.4 is 0 Å². The third-order valence-electron chi connectivity index (χ3n) is 7.15. The Morgan fingerprint density at radius 1 is 1.06 bits per heavy atom. The van der Waals surface area contributed by atoms with E-state index in [-0.39, 0.29) is 12.0 Å². The summed E-state index contributed by atoms with van der Waals surface area (Å²) in [6.45, 7) is 0. The molecule has 0 radical (unpaired) electrons. The van der Waals surface area contributed by atoms with Gasteiger partial charge in [0.15, 0.2) is 0 Å². The molecule has 4 aromatic rings. The molecule has 0 amide bonds. The predicted molar refractivity (Wildman–Crippen MR) is 132 cm³/mol. The Morgan fingerprint density at radius 2 is 1.91 bits per heavy atom. The molecule has 2 aliphatic carbocycles. The number of benzene rings is 1. The summed E-state index contributed by atoms with van der Waals surface area (Å²) >= 11 is 15.8. The van der Waals surface area contributed by atoms with Crippen molar-refractivity contribution in [3.63, 3.8) is 0 Å². The fourth-order valence-electron chi connectivity index (χ4n) is 5.47. The van der Waals surface area contributed by atoms with Gasteiger partial charge in [-0.3, -0.25) is 0 Å². The lowest BCUT2D eigenvalue weighted by molar-refractivity contribution is -0.0129. The van der Waals surface area contributed by atoms with Crippen LogP contribution in [0.4, 0.5) is 0 Å². The molecular formula is C24H19BrCl2N4O2. The van der Waals surface area contributed by atoms with E-state index in [1.807, 2.05) is 29.0 Å². The third kappa shape index (κ3) is 3.33. The first-order valence-corrected chi connectivity index (χ1v) is 12.2. The molecule has 5 atom stereocenters. The van der Waals surface area contributed by atoms with Gasteiger partial charge in [-0.15, -0.1) is 0 Å². The van der Waals surface area contributed by atoms with E-state index in [1.165, 1.54) is 6.33 Å². The van der Waals surface area contributed by atoms with Crippen LogP contribution in [0.5, 0.6) is 0 Å². The SMILES string of the molecule is O[C@H]1[C@H](n2ccc3c(Cl)ncnc32)C[C@@]2(C=C[C@@H](c3ccc4cc(Br)c(Cl)nc4c3)C2)[C@H]1O. The molecule has 2 N–H and O–H groups in total. The predicted octanol–water partition coefficient (Wildman–Crippen LogP) is 5.45. The average Bonchev–Trinajstić information content (AvgIpc) is 3.48. The van der Waals surface area contributed by atoms with E-state index in [0.29, 0.717) is 28.8 Å². The number of halogens is 3. The van der Waals surface area contributed by atoms with Crippen molar-refractivity contribution in [1.82, 2.24) is 19.5 Å². The molecule has 9 heteroatoms. The van der Waals surface area contributed by atoms with Crippen molar-refractivity contribution in [2.24, 2.45) is 5.41 Å². The van der Waals surface area contributed by atoms with Gasteiger partial charge in [-0.25, -0.2) is 15.0 Å². The number of rotatable bonds is 2. The molecule has 168 valence electrons. The van der Waals surface area contributed by atoms with Crippen LogP contribution in [-0.2, 0) is 0 Å². The Labute approximate surface area is 208 Å². The standard InChI is InChI=1S/C24H19BrCl2N4O2/c25-16-7-13-2-1-12(8-17(13)30-22(16)27)14-3-5-24(9-14)10-18(19(32)20(24)33)31-6-4-15-21(26)28-11-29-23(15)31/h1-8,11,14,18-20,32-33H,9-10H2/t14-,18-,19+,20+,24+/m1/s1. The van der Waals surface area contributed by atoms with Crippen LogP contribution in [-0.4, -0.2) is 41.9 Å². The maximum atomic E-state index is 11.1. The van der Waals surface area contributed by atoms with Crippen LogP contribution in [0.15, 0.2) is 59.5 Å². The molecule has 3 heterocycles. The Hall–Kier alpha value is -2.03. The Kier molecular flexibility index (Phi) is 5.05. The lowest BCUT2D eigenvalue weighted by atomic mass is 9.80. The number of aliphatic hydroxyl groups is 2. The highest BCUT2D eigenvalue weighted by atomic mass is 79.9. The van der Waals surface area contributed by atoms with E-state index in [1.54, 1.807) is 0 Å². The first-order chi connectivity index (χ1) is 15.9. The van der Waals surface area contributed by atoms with Crippen LogP contribution in [0, 0.1) is 5.41 Å². The minimum atomic E-state index is -0.924. The molecule has 1 spiro atoms. The van der Waals surface area contributed by atoms with Gasteiger partial charge in [0, 0.05) is 22.9 Å². The van der Waals surface area contributed by atoms with Crippen molar-refractivity contribution < 1.29 is 10.2 Å². The van der Waals surface area contributed by atoms with E-state index in [9.17, 15) is 10.2 Å². The summed E-state index contributed by atoms with van der Waals surface area (Å²) in [6.07, 6.45) is 6.97. The largest absolute Gasteiger partial charge is 0.389 e. The summed E-state index contributed by atoms with van der Waals surface area (Å²) in [4.78, 5) is 12.9. The molecule has 6 nitrogen and oxygen atoms in total. The van der Waals surface area contributed by atoms with E-state index < -0.39 is 17.6 Å². The lowest BCUT2D eigenvalue weighted by Crippen LogP contribution is -2.34. The van der Waals surface area contributed by atoms with Gasteiger partial charge in [-0.05, 0) is 52.5 Å². The van der Waals surface area contributed by atoms with Gasteiger partial charge in [0.05, 0.1) is 27.5 Å². The fourth-order valence-corrected chi connectivity index (χ4v) is 6.14. The van der Waals surface area contributed by atoms with E-state index in [2.05, 4.69) is 55.2 Å². The maximum Gasteiger partial charge on any atom is 0.145 e. The Balaban J connectivity index is 1.31. The van der Waals surface area contributed by atoms with Crippen LogP contribution in [0.2, 0.25) is 10.3 Å². The third-order valence-corrected chi connectivity index (χ3v) is 8.58. The van der Waals surface area contributed by atoms with E-state index in [0.717, 1.165) is 26.3 Å². The van der Waals surface area contributed by atoms with Crippen molar-refractivity contribution in [1.29, 1.82) is 0 Å². The summed E-state index contributed by atoms with van der Waals surface area (Å²) in [5.74, 6) is 0.109. The zero-order chi connectivity index (χ0) is 22.9. The molecule has 3 aromatic heterocycles. The number of pyridine rings is 1. The fraction of sp³-hybridized carbons (Fsp3) is 0.292. The second-order valence-electron chi connectivity index (χ2n) is 8.95. The topological polar surface area (TPSA) is 84.1 Å². The Morgan fingerprint density at radius 3 is 2.76 bits per heavy atom. The molecule has 6 rings (SSSR count). The van der Waals surface area contributed by atoms with Gasteiger partial charge >= 0.3 is 0 Å². The van der Waals surface area contributed by atoms with Crippen LogP contribution in [0.3, 0.4) is 0 Å². The average molecular weight is 546 g/mol. The molecule has 1 aromatic carbocycles. The number of allylic oxidation sites excluding steroid dienone is 1. The summed E-state index contributed by atoms with van der Waals surface area (Å²) < 4.78 is 2.68. The van der Waals surface area contributed by atoms with Gasteiger partial charge in [0.1, 0.15) is 28.4 Å². The lowest BCUT2D eigenvalue weighted by Gasteiger charge is -2.27. The quantitative estimate of drug-likeness (QED) is 0.199. The minimum Gasteiger partial charge on any atom is -0.389 e. The van der Waals surface area contributed by atoms with Crippen molar-refractivity contribution in [3.8, 4) is 0 Å². The van der Waals surface area contributed by atoms with Crippen molar-refractivity contribution >= 4 is 61.1 Å². The van der Waals surface area contributed by atoms with Gasteiger partial charge in [0.2, 0.25) is 0 Å². The number of hydrogen-bond donors (Lipinski definition) is 2. The normalized spacial score (nSPS) is 29.1. The van der Waals surface area contributed by atoms with E-state index >= 15 is 0 Å². The molecule has 0 aliphatic heterocycles. The zero-order valence-corrected chi connectivity index (χ0v) is 20.3. The summed E-state index contributed by atoms with van der Waals surface area (Å²) in [6, 6.07) is 9.66. The molecule has 1 fully saturated rings. The highest BCUT2D eigenvalue weighted by Crippen LogP contribution is 2.55. The smallest absolute Gasteiger partial charge is 0.145 e. The number of nitrogens with zero attached hydrogens (tertiary/aromatic N) is 4.